The number of ether oxygens (including phenoxy) is 1. The number of phenols is 1. The number of hydrogen-bond donors (Lipinski definition) is 2. The molecule has 120 valence electrons. The number of carbonyl (C=O) groups excluding carboxylic acids is 1. The van der Waals surface area contributed by atoms with E-state index in [1.807, 2.05) is 18.2 Å². The molecule has 0 aliphatic heterocycles. The van der Waals surface area contributed by atoms with E-state index in [0.29, 0.717) is 12.5 Å². The van der Waals surface area contributed by atoms with Gasteiger partial charge in [-0.25, -0.2) is 0 Å². The van der Waals surface area contributed by atoms with Gasteiger partial charge >= 0.3 is 0 Å². The van der Waals surface area contributed by atoms with Gasteiger partial charge in [0.05, 0.1) is 12.6 Å². The van der Waals surface area contributed by atoms with Gasteiger partial charge in [-0.1, -0.05) is 42.5 Å². The van der Waals surface area contributed by atoms with Crippen molar-refractivity contribution >= 4 is 5.91 Å². The predicted molar refractivity (Wildman–Crippen MR) is 88.2 cm³/mol. The lowest BCUT2D eigenvalue weighted by Crippen LogP contribution is -2.32. The first kappa shape index (κ1) is 15.6. The van der Waals surface area contributed by atoms with E-state index in [0.717, 1.165) is 12.0 Å². The van der Waals surface area contributed by atoms with E-state index in [4.69, 9.17) is 4.74 Å². The molecule has 0 radical (unpaired) electrons. The molecule has 0 spiro atoms. The van der Waals surface area contributed by atoms with Crippen LogP contribution in [-0.4, -0.2) is 24.7 Å². The third kappa shape index (κ3) is 3.71. The van der Waals surface area contributed by atoms with E-state index in [9.17, 15) is 9.90 Å². The van der Waals surface area contributed by atoms with E-state index >= 15 is 0 Å². The zero-order valence-electron chi connectivity index (χ0n) is 13.1. The number of aromatic hydroxyl groups is 1. The predicted octanol–water partition coefficient (Wildman–Crippen LogP) is 3.00. The zero-order valence-corrected chi connectivity index (χ0v) is 13.1. The van der Waals surface area contributed by atoms with Crippen molar-refractivity contribution in [3.8, 4) is 5.75 Å². The Balaban J connectivity index is 1.64. The van der Waals surface area contributed by atoms with Crippen LogP contribution in [0.25, 0.3) is 0 Å². The van der Waals surface area contributed by atoms with E-state index in [1.54, 1.807) is 31.4 Å². The van der Waals surface area contributed by atoms with Crippen molar-refractivity contribution in [1.29, 1.82) is 0 Å². The minimum absolute atomic E-state index is 0.0360. The average Bonchev–Trinajstić information content (AvgIpc) is 3.37. The molecular formula is C19H21NO3. The number of methoxy groups -OCH3 is 1. The molecule has 0 saturated heterocycles. The molecule has 1 aliphatic carbocycles. The van der Waals surface area contributed by atoms with Crippen molar-refractivity contribution in [3.63, 3.8) is 0 Å². The summed E-state index contributed by atoms with van der Waals surface area (Å²) in [5.41, 5.74) is 2.15. The Hall–Kier alpha value is -2.33. The third-order valence-electron chi connectivity index (χ3n) is 4.30. The van der Waals surface area contributed by atoms with Gasteiger partial charge in [-0.2, -0.15) is 0 Å². The lowest BCUT2D eigenvalue weighted by Gasteiger charge is -2.18. The summed E-state index contributed by atoms with van der Waals surface area (Å²) in [4.78, 5) is 12.5. The summed E-state index contributed by atoms with van der Waals surface area (Å²) in [6.45, 7) is 0.402. The molecule has 4 nitrogen and oxygen atoms in total. The normalized spacial score (nSPS) is 20.7. The molecule has 2 aromatic carbocycles. The summed E-state index contributed by atoms with van der Waals surface area (Å²) in [5, 5.41) is 12.5. The third-order valence-corrected chi connectivity index (χ3v) is 4.30. The molecule has 4 heteroatoms. The number of rotatable bonds is 6. The summed E-state index contributed by atoms with van der Waals surface area (Å²) >= 11 is 0. The highest BCUT2D eigenvalue weighted by Gasteiger charge is 2.44. The molecule has 1 amide bonds. The van der Waals surface area contributed by atoms with Crippen LogP contribution >= 0.6 is 0 Å². The molecule has 1 fully saturated rings. The number of carbonyl (C=O) groups is 1. The van der Waals surface area contributed by atoms with Gasteiger partial charge in [0.1, 0.15) is 5.75 Å². The first-order chi connectivity index (χ1) is 11.2. The summed E-state index contributed by atoms with van der Waals surface area (Å²) in [5.74, 6) is 0.629. The minimum Gasteiger partial charge on any atom is -0.508 e. The first-order valence-electron chi connectivity index (χ1n) is 7.82. The molecule has 0 unspecified atom stereocenters. The van der Waals surface area contributed by atoms with Crippen LogP contribution in [0.4, 0.5) is 0 Å². The monoisotopic (exact) mass is 311 g/mol. The maximum absolute atomic E-state index is 12.5. The molecule has 3 rings (SSSR count). The van der Waals surface area contributed by atoms with E-state index < -0.39 is 0 Å². The van der Waals surface area contributed by atoms with Gasteiger partial charge in [0, 0.05) is 13.0 Å². The smallest absolute Gasteiger partial charge is 0.224 e. The Morgan fingerprint density at radius 2 is 1.91 bits per heavy atom. The van der Waals surface area contributed by atoms with Crippen molar-refractivity contribution in [1.82, 2.24) is 5.32 Å². The number of nitrogens with one attached hydrogen (secondary N) is 1. The second kappa shape index (κ2) is 6.84. The molecule has 2 aromatic rings. The van der Waals surface area contributed by atoms with Crippen LogP contribution < -0.4 is 5.32 Å². The lowest BCUT2D eigenvalue weighted by molar-refractivity contribution is -0.123. The van der Waals surface area contributed by atoms with Gasteiger partial charge in [-0.3, -0.25) is 4.79 Å². The molecule has 0 heterocycles. The van der Waals surface area contributed by atoms with Gasteiger partial charge in [0.2, 0.25) is 5.91 Å². The van der Waals surface area contributed by atoms with Crippen LogP contribution in [0.2, 0.25) is 0 Å². The average molecular weight is 311 g/mol. The van der Waals surface area contributed by atoms with Crippen molar-refractivity contribution in [2.45, 2.75) is 18.4 Å². The lowest BCUT2D eigenvalue weighted by atomic mass is 10.1. The van der Waals surface area contributed by atoms with Crippen LogP contribution in [0.1, 0.15) is 29.5 Å². The van der Waals surface area contributed by atoms with Gasteiger partial charge in [0.25, 0.3) is 0 Å². The van der Waals surface area contributed by atoms with Gasteiger partial charge in [-0.15, -0.1) is 0 Å². The van der Waals surface area contributed by atoms with Crippen LogP contribution in [-0.2, 0) is 9.53 Å². The molecule has 23 heavy (non-hydrogen) atoms. The zero-order chi connectivity index (χ0) is 16.2. The fraction of sp³-hybridized carbons (Fsp3) is 0.316. The van der Waals surface area contributed by atoms with Crippen molar-refractivity contribution in [2.75, 3.05) is 13.7 Å². The van der Waals surface area contributed by atoms with Gasteiger partial charge in [-0.05, 0) is 35.6 Å². The van der Waals surface area contributed by atoms with Gasteiger partial charge < -0.3 is 15.2 Å². The van der Waals surface area contributed by atoms with Crippen LogP contribution in [0.3, 0.4) is 0 Å². The van der Waals surface area contributed by atoms with Crippen LogP contribution in [0, 0.1) is 5.92 Å². The molecule has 1 saturated carbocycles. The molecule has 3 atom stereocenters. The van der Waals surface area contributed by atoms with E-state index in [1.165, 1.54) is 5.56 Å². The minimum atomic E-state index is -0.204. The largest absolute Gasteiger partial charge is 0.508 e. The van der Waals surface area contributed by atoms with Crippen molar-refractivity contribution in [2.24, 2.45) is 5.92 Å². The number of benzene rings is 2. The maximum Gasteiger partial charge on any atom is 0.224 e. The Morgan fingerprint density at radius 1 is 1.22 bits per heavy atom. The summed E-state index contributed by atoms with van der Waals surface area (Å²) < 4.78 is 5.22. The second-order valence-electron chi connectivity index (χ2n) is 5.97. The molecule has 0 bridgehead atoms. The SMILES string of the molecule is COC[C@H](NC(=O)[C@H]1C[C@@H]1c1ccccc1)c1ccc(O)cc1. The van der Waals surface area contributed by atoms with Crippen molar-refractivity contribution < 1.29 is 14.6 Å². The fourth-order valence-corrected chi connectivity index (χ4v) is 2.93. The number of hydrogen-bond acceptors (Lipinski definition) is 3. The standard InChI is InChI=1S/C19H21NO3/c1-23-12-18(14-7-9-15(21)10-8-14)20-19(22)17-11-16(17)13-5-3-2-4-6-13/h2-10,16-18,21H,11-12H2,1H3,(H,20,22)/t16-,17+,18+/m1/s1. The van der Waals surface area contributed by atoms with E-state index in [-0.39, 0.29) is 23.6 Å². The highest BCUT2D eigenvalue weighted by atomic mass is 16.5. The Kier molecular flexibility index (Phi) is 4.63. The first-order valence-corrected chi connectivity index (χ1v) is 7.82. The topological polar surface area (TPSA) is 58.6 Å². The summed E-state index contributed by atoms with van der Waals surface area (Å²) in [6, 6.07) is 16.8. The summed E-state index contributed by atoms with van der Waals surface area (Å²) in [6.07, 6.45) is 0.894. The van der Waals surface area contributed by atoms with Crippen LogP contribution in [0.15, 0.2) is 54.6 Å². The van der Waals surface area contributed by atoms with E-state index in [2.05, 4.69) is 17.4 Å². The maximum atomic E-state index is 12.5. The molecule has 0 aromatic heterocycles. The number of phenolic OH excluding ortho intramolecular Hbond substituents is 1. The van der Waals surface area contributed by atoms with Crippen LogP contribution in [0.5, 0.6) is 5.75 Å². The molecular weight excluding hydrogens is 290 g/mol. The fourth-order valence-electron chi connectivity index (χ4n) is 2.93. The highest BCUT2D eigenvalue weighted by molar-refractivity contribution is 5.83. The molecule has 1 aliphatic rings. The highest BCUT2D eigenvalue weighted by Crippen LogP contribution is 2.47. The Labute approximate surface area is 136 Å². The second-order valence-corrected chi connectivity index (χ2v) is 5.97. The van der Waals surface area contributed by atoms with Crippen molar-refractivity contribution in [3.05, 3.63) is 65.7 Å². The molecule has 2 N–H and O–H groups in total. The quantitative estimate of drug-likeness (QED) is 0.862. The Morgan fingerprint density at radius 3 is 2.57 bits per heavy atom. The number of amides is 1. The summed E-state index contributed by atoms with van der Waals surface area (Å²) in [7, 11) is 1.61. The Bertz CT molecular complexity index is 654. The van der Waals surface area contributed by atoms with Gasteiger partial charge in [0.15, 0.2) is 0 Å².